The summed E-state index contributed by atoms with van der Waals surface area (Å²) in [4.78, 5) is 13.9. The summed E-state index contributed by atoms with van der Waals surface area (Å²) in [7, 11) is -2.48. The first-order valence-electron chi connectivity index (χ1n) is 8.89. The molecule has 0 bridgehead atoms. The molecule has 0 saturated carbocycles. The summed E-state index contributed by atoms with van der Waals surface area (Å²) < 4.78 is 25.3. The van der Waals surface area contributed by atoms with Gasteiger partial charge in [-0.05, 0) is 26.3 Å². The second kappa shape index (κ2) is 7.62. The van der Waals surface area contributed by atoms with Crippen molar-refractivity contribution >= 4 is 13.6 Å². The monoisotopic (exact) mass is 344 g/mol. The molecule has 3 heterocycles. The van der Waals surface area contributed by atoms with E-state index in [1.807, 2.05) is 6.92 Å². The van der Waals surface area contributed by atoms with Gasteiger partial charge in [-0.2, -0.15) is 0 Å². The molecule has 0 aromatic carbocycles. The average Bonchev–Trinajstić information content (AvgIpc) is 2.89. The highest BCUT2D eigenvalue weighted by atomic mass is 31.2. The van der Waals surface area contributed by atoms with Gasteiger partial charge in [-0.25, -0.2) is 14.0 Å². The quantitative estimate of drug-likeness (QED) is 0.559. The Morgan fingerprint density at radius 2 is 1.48 bits per heavy atom. The van der Waals surface area contributed by atoms with Crippen LogP contribution in [-0.4, -0.2) is 90.4 Å². The lowest BCUT2D eigenvalue weighted by atomic mass is 10.3. The molecule has 0 aromatic rings. The van der Waals surface area contributed by atoms with Crippen LogP contribution >= 0.6 is 7.59 Å². The fourth-order valence-electron chi connectivity index (χ4n) is 3.87. The minimum Gasteiger partial charge on any atom is -0.466 e. The number of rotatable bonds is 4. The van der Waals surface area contributed by atoms with Gasteiger partial charge >= 0.3 is 5.97 Å². The molecule has 7 nitrogen and oxygen atoms in total. The van der Waals surface area contributed by atoms with Gasteiger partial charge in [-0.15, -0.1) is 0 Å². The fourth-order valence-corrected chi connectivity index (χ4v) is 7.20. The molecule has 3 fully saturated rings. The summed E-state index contributed by atoms with van der Waals surface area (Å²) >= 11 is 0. The van der Waals surface area contributed by atoms with Gasteiger partial charge in [0, 0.05) is 52.4 Å². The maximum Gasteiger partial charge on any atom is 0.307 e. The third-order valence-electron chi connectivity index (χ3n) is 5.06. The Kier molecular flexibility index (Phi) is 5.75. The normalized spacial score (nSPS) is 31.2. The van der Waals surface area contributed by atoms with Crippen LogP contribution in [0.4, 0.5) is 0 Å². The minimum atomic E-state index is -2.48. The number of ether oxygens (including phenoxy) is 1. The van der Waals surface area contributed by atoms with E-state index in [1.54, 1.807) is 0 Å². The van der Waals surface area contributed by atoms with E-state index < -0.39 is 7.59 Å². The van der Waals surface area contributed by atoms with Gasteiger partial charge in [-0.1, -0.05) is 0 Å². The minimum absolute atomic E-state index is 0.120. The number of hydrogen-bond donors (Lipinski definition) is 0. The maximum atomic E-state index is 13.6. The van der Waals surface area contributed by atoms with Crippen molar-refractivity contribution in [1.29, 1.82) is 0 Å². The Morgan fingerprint density at radius 1 is 0.913 bits per heavy atom. The molecular formula is C15H29N4O3P. The highest BCUT2D eigenvalue weighted by molar-refractivity contribution is 7.56. The van der Waals surface area contributed by atoms with Crippen LogP contribution in [0.2, 0.25) is 0 Å². The second-order valence-corrected chi connectivity index (χ2v) is 9.20. The zero-order valence-corrected chi connectivity index (χ0v) is 15.0. The van der Waals surface area contributed by atoms with Crippen LogP contribution in [0.3, 0.4) is 0 Å². The van der Waals surface area contributed by atoms with Crippen molar-refractivity contribution in [2.75, 3.05) is 65.5 Å². The van der Waals surface area contributed by atoms with Crippen molar-refractivity contribution in [1.82, 2.24) is 18.9 Å². The molecule has 1 atom stereocenters. The van der Waals surface area contributed by atoms with Crippen molar-refractivity contribution in [3.63, 3.8) is 0 Å². The van der Waals surface area contributed by atoms with Crippen LogP contribution in [0.1, 0.15) is 26.2 Å². The molecule has 23 heavy (non-hydrogen) atoms. The number of carbonyl (C=O) groups is 1. The predicted molar refractivity (Wildman–Crippen MR) is 89.2 cm³/mol. The molecule has 0 aliphatic carbocycles. The maximum absolute atomic E-state index is 13.6. The van der Waals surface area contributed by atoms with Crippen LogP contribution in [0.5, 0.6) is 0 Å². The molecule has 0 radical (unpaired) electrons. The van der Waals surface area contributed by atoms with E-state index in [4.69, 9.17) is 4.74 Å². The summed E-state index contributed by atoms with van der Waals surface area (Å²) in [5, 5.41) is 0. The molecule has 132 valence electrons. The van der Waals surface area contributed by atoms with E-state index in [-0.39, 0.29) is 5.97 Å². The van der Waals surface area contributed by atoms with Gasteiger partial charge in [0.05, 0.1) is 13.0 Å². The lowest BCUT2D eigenvalue weighted by Crippen LogP contribution is -2.42. The van der Waals surface area contributed by atoms with Crippen LogP contribution in [0.25, 0.3) is 0 Å². The highest BCUT2D eigenvalue weighted by Crippen LogP contribution is 2.61. The third kappa shape index (κ3) is 3.64. The average molecular weight is 344 g/mol. The summed E-state index contributed by atoms with van der Waals surface area (Å²) in [5.41, 5.74) is 0. The zero-order chi connectivity index (χ0) is 16.3. The van der Waals surface area contributed by atoms with Gasteiger partial charge in [0.1, 0.15) is 0 Å². The molecule has 3 aliphatic rings. The van der Waals surface area contributed by atoms with Gasteiger partial charge in [0.2, 0.25) is 0 Å². The molecule has 3 aliphatic heterocycles. The largest absolute Gasteiger partial charge is 0.466 e. The number of nitrogens with zero attached hydrogens (tertiary/aromatic N) is 4. The van der Waals surface area contributed by atoms with E-state index in [0.717, 1.165) is 71.7 Å². The van der Waals surface area contributed by atoms with Crippen LogP contribution in [-0.2, 0) is 14.1 Å². The Hall–Kier alpha value is -0.460. The van der Waals surface area contributed by atoms with Crippen molar-refractivity contribution in [3.8, 4) is 0 Å². The van der Waals surface area contributed by atoms with Crippen molar-refractivity contribution in [3.05, 3.63) is 0 Å². The molecule has 3 rings (SSSR count). The smallest absolute Gasteiger partial charge is 0.307 e. The molecule has 0 amide bonds. The Balaban J connectivity index is 1.61. The first-order valence-corrected chi connectivity index (χ1v) is 10.5. The number of esters is 1. The summed E-state index contributed by atoms with van der Waals surface area (Å²) in [6, 6.07) is 0. The van der Waals surface area contributed by atoms with Crippen molar-refractivity contribution in [2.24, 2.45) is 0 Å². The van der Waals surface area contributed by atoms with Crippen molar-refractivity contribution < 1.29 is 14.1 Å². The first-order chi connectivity index (χ1) is 11.1. The van der Waals surface area contributed by atoms with E-state index in [0.29, 0.717) is 13.0 Å². The predicted octanol–water partition coefficient (Wildman–Crippen LogP) is 1.08. The van der Waals surface area contributed by atoms with Gasteiger partial charge in [0.25, 0.3) is 7.59 Å². The summed E-state index contributed by atoms with van der Waals surface area (Å²) in [6.45, 7) is 10.3. The summed E-state index contributed by atoms with van der Waals surface area (Å²) in [5.74, 6) is -0.120. The third-order valence-corrected chi connectivity index (χ3v) is 8.47. The topological polar surface area (TPSA) is 56.3 Å². The van der Waals surface area contributed by atoms with Gasteiger partial charge in [-0.3, -0.25) is 9.36 Å². The second-order valence-electron chi connectivity index (χ2n) is 6.48. The van der Waals surface area contributed by atoms with E-state index in [9.17, 15) is 9.36 Å². The van der Waals surface area contributed by atoms with Crippen molar-refractivity contribution in [2.45, 2.75) is 26.2 Å². The highest BCUT2D eigenvalue weighted by Gasteiger charge is 2.49. The van der Waals surface area contributed by atoms with E-state index >= 15 is 0 Å². The lowest BCUT2D eigenvalue weighted by Gasteiger charge is -2.42. The van der Waals surface area contributed by atoms with Crippen LogP contribution in [0.15, 0.2) is 0 Å². The summed E-state index contributed by atoms with van der Waals surface area (Å²) in [6.07, 6.45) is 2.55. The van der Waals surface area contributed by atoms with E-state index in [1.165, 1.54) is 0 Å². The molecule has 3 saturated heterocycles. The molecular weight excluding hydrogens is 315 g/mol. The lowest BCUT2D eigenvalue weighted by molar-refractivity contribution is -0.143. The Morgan fingerprint density at radius 3 is 2.09 bits per heavy atom. The van der Waals surface area contributed by atoms with E-state index in [2.05, 4.69) is 18.9 Å². The fraction of sp³-hybridized carbons (Fsp3) is 0.933. The zero-order valence-electron chi connectivity index (χ0n) is 14.2. The first kappa shape index (κ1) is 17.4. The molecule has 0 N–H and O–H groups in total. The number of hydrogen-bond acceptors (Lipinski definition) is 4. The molecule has 1 unspecified atom stereocenters. The van der Waals surface area contributed by atoms with Crippen LogP contribution < -0.4 is 0 Å². The van der Waals surface area contributed by atoms with Crippen LogP contribution in [0, 0.1) is 0 Å². The molecule has 0 spiro atoms. The van der Waals surface area contributed by atoms with Gasteiger partial charge in [0.15, 0.2) is 0 Å². The SMILES string of the molecule is CCOC(=O)CCN1CCCN2CCN3CCCN(CC1)P23=O. The standard InChI is InChI=1S/C15H29N4O3P/c1-2-22-15(20)5-10-16-6-3-7-18-13-14-19-9-4-8-17(12-11-16)23(18,19)21/h2-14H2,1H3. The number of carbonyl (C=O) groups excluding carboxylic acids is 1. The van der Waals surface area contributed by atoms with Gasteiger partial charge < -0.3 is 9.64 Å². The molecule has 8 heteroatoms. The Labute approximate surface area is 139 Å². The molecule has 0 aromatic heterocycles. The Bertz CT molecular complexity index is 476.